The van der Waals surface area contributed by atoms with Crippen LogP contribution in [-0.2, 0) is 4.79 Å². The summed E-state index contributed by atoms with van der Waals surface area (Å²) >= 11 is 0. The molecule has 0 spiro atoms. The number of aliphatic carboxylic acids is 1. The Morgan fingerprint density at radius 2 is 1.85 bits per heavy atom. The predicted octanol–water partition coefficient (Wildman–Crippen LogP) is 3.82. The highest BCUT2D eigenvalue weighted by Crippen LogP contribution is 2.36. The molecule has 4 N–H and O–H groups in total. The molecule has 0 aromatic carbocycles. The fourth-order valence-corrected chi connectivity index (χ4v) is 3.75. The van der Waals surface area contributed by atoms with Crippen molar-refractivity contribution in [1.82, 2.24) is 0 Å². The summed E-state index contributed by atoms with van der Waals surface area (Å²) in [5, 5.41) is 39.2. The third kappa shape index (κ3) is 10.1. The van der Waals surface area contributed by atoms with Crippen LogP contribution in [0.25, 0.3) is 0 Å². The van der Waals surface area contributed by atoms with Gasteiger partial charge in [0.15, 0.2) is 0 Å². The summed E-state index contributed by atoms with van der Waals surface area (Å²) in [5.41, 5.74) is 0. The first-order chi connectivity index (χ1) is 13.0. The van der Waals surface area contributed by atoms with Gasteiger partial charge in [0.05, 0.1) is 18.3 Å². The van der Waals surface area contributed by atoms with Crippen molar-refractivity contribution in [2.75, 3.05) is 0 Å². The molecule has 1 saturated carbocycles. The molecule has 0 amide bonds. The van der Waals surface area contributed by atoms with E-state index in [1.807, 2.05) is 6.08 Å². The molecule has 1 aliphatic rings. The minimum Gasteiger partial charge on any atom is -0.481 e. The normalized spacial score (nSPS) is 27.0. The van der Waals surface area contributed by atoms with E-state index in [-0.39, 0.29) is 18.3 Å². The third-order valence-electron chi connectivity index (χ3n) is 5.41. The van der Waals surface area contributed by atoms with Crippen molar-refractivity contribution in [3.05, 3.63) is 24.3 Å². The molecule has 5 nitrogen and oxygen atoms in total. The molecule has 156 valence electrons. The molecule has 0 unspecified atom stereocenters. The molecule has 1 rings (SSSR count). The Hall–Kier alpha value is -1.17. The average molecular weight is 383 g/mol. The van der Waals surface area contributed by atoms with Crippen molar-refractivity contribution < 1.29 is 25.2 Å². The molecule has 0 aromatic heterocycles. The maximum Gasteiger partial charge on any atom is 0.303 e. The molecule has 0 heterocycles. The summed E-state index contributed by atoms with van der Waals surface area (Å²) in [6.45, 7) is 2.18. The summed E-state index contributed by atoms with van der Waals surface area (Å²) in [6, 6.07) is 0. The van der Waals surface area contributed by atoms with E-state index < -0.39 is 24.3 Å². The third-order valence-corrected chi connectivity index (χ3v) is 5.41. The lowest BCUT2D eigenvalue weighted by Crippen LogP contribution is -2.20. The number of aliphatic hydroxyl groups is 3. The first-order valence-corrected chi connectivity index (χ1v) is 10.5. The van der Waals surface area contributed by atoms with Gasteiger partial charge >= 0.3 is 5.97 Å². The predicted molar refractivity (Wildman–Crippen MR) is 107 cm³/mol. The first-order valence-electron chi connectivity index (χ1n) is 10.5. The van der Waals surface area contributed by atoms with Gasteiger partial charge in [-0.3, -0.25) is 4.79 Å². The van der Waals surface area contributed by atoms with E-state index in [4.69, 9.17) is 5.11 Å². The van der Waals surface area contributed by atoms with Crippen molar-refractivity contribution in [2.24, 2.45) is 11.8 Å². The lowest BCUT2D eigenvalue weighted by Gasteiger charge is -2.19. The van der Waals surface area contributed by atoms with Gasteiger partial charge < -0.3 is 20.4 Å². The van der Waals surface area contributed by atoms with Gasteiger partial charge in [-0.2, -0.15) is 0 Å². The number of hydrogen-bond acceptors (Lipinski definition) is 4. The summed E-state index contributed by atoms with van der Waals surface area (Å²) in [6.07, 6.45) is 14.9. The highest BCUT2D eigenvalue weighted by molar-refractivity contribution is 5.66. The molecule has 0 radical (unpaired) electrons. The van der Waals surface area contributed by atoms with Crippen molar-refractivity contribution in [3.63, 3.8) is 0 Å². The van der Waals surface area contributed by atoms with Crippen LogP contribution in [0, 0.1) is 11.8 Å². The van der Waals surface area contributed by atoms with Gasteiger partial charge in [0, 0.05) is 18.8 Å². The second-order valence-corrected chi connectivity index (χ2v) is 7.76. The van der Waals surface area contributed by atoms with Gasteiger partial charge in [-0.25, -0.2) is 0 Å². The summed E-state index contributed by atoms with van der Waals surface area (Å²) < 4.78 is 0. The van der Waals surface area contributed by atoms with Crippen LogP contribution in [0.3, 0.4) is 0 Å². The molecule has 1 fully saturated rings. The summed E-state index contributed by atoms with van der Waals surface area (Å²) in [5.74, 6) is -0.932. The van der Waals surface area contributed by atoms with Gasteiger partial charge in [-0.15, -0.1) is 0 Å². The second-order valence-electron chi connectivity index (χ2n) is 7.76. The maximum atomic E-state index is 10.5. The topological polar surface area (TPSA) is 98.0 Å². The second kappa shape index (κ2) is 13.9. The lowest BCUT2D eigenvalue weighted by atomic mass is 9.89. The van der Waals surface area contributed by atoms with Gasteiger partial charge in [-0.05, 0) is 38.0 Å². The average Bonchev–Trinajstić information content (AvgIpc) is 2.88. The lowest BCUT2D eigenvalue weighted by molar-refractivity contribution is -0.137. The highest BCUT2D eigenvalue weighted by Gasteiger charge is 2.39. The minimum absolute atomic E-state index is 0.0126. The SMILES string of the molecule is CCCCC/C=C\C[C@@H]1[C@@H](/C=C/[C@H](O)CCCCCC(=O)O)[C@H](O)C[C@@H]1O. The van der Waals surface area contributed by atoms with E-state index in [1.54, 1.807) is 6.08 Å². The number of carbonyl (C=O) groups is 1. The molecule has 0 aromatic rings. The molecule has 0 saturated heterocycles. The molecular formula is C22H38O5. The van der Waals surface area contributed by atoms with Crippen molar-refractivity contribution >= 4 is 5.97 Å². The quantitative estimate of drug-likeness (QED) is 0.270. The van der Waals surface area contributed by atoms with Crippen LogP contribution in [0.1, 0.15) is 77.6 Å². The van der Waals surface area contributed by atoms with Gasteiger partial charge in [0.25, 0.3) is 0 Å². The Bertz CT molecular complexity index is 460. The Morgan fingerprint density at radius 1 is 1.07 bits per heavy atom. The van der Waals surface area contributed by atoms with Crippen LogP contribution >= 0.6 is 0 Å². The van der Waals surface area contributed by atoms with Gasteiger partial charge in [-0.1, -0.05) is 56.9 Å². The first kappa shape index (κ1) is 23.9. The number of hydrogen-bond donors (Lipinski definition) is 4. The number of rotatable bonds is 14. The molecule has 27 heavy (non-hydrogen) atoms. The van der Waals surface area contributed by atoms with E-state index in [9.17, 15) is 20.1 Å². The fraction of sp³-hybridized carbons (Fsp3) is 0.773. The standard InChI is InChI=1S/C22H38O5/c1-2-3-4-5-6-9-12-18-19(21(25)16-20(18)24)15-14-17(23)11-8-7-10-13-22(26)27/h6,9,14-15,17-21,23-25H,2-5,7-8,10-13,16H2,1H3,(H,26,27)/b9-6-,15-14+/t17-,18-,19-,20+,21-/m1/s1. The largest absolute Gasteiger partial charge is 0.481 e. The molecular weight excluding hydrogens is 344 g/mol. The molecule has 5 atom stereocenters. The van der Waals surface area contributed by atoms with E-state index >= 15 is 0 Å². The molecule has 0 aliphatic heterocycles. The summed E-state index contributed by atoms with van der Waals surface area (Å²) in [4.78, 5) is 10.5. The number of carboxylic acid groups (broad SMARTS) is 1. The maximum absolute atomic E-state index is 10.5. The van der Waals surface area contributed by atoms with Crippen LogP contribution in [0.2, 0.25) is 0 Å². The van der Waals surface area contributed by atoms with Crippen LogP contribution in [-0.4, -0.2) is 44.7 Å². The van der Waals surface area contributed by atoms with Crippen LogP contribution in [0.4, 0.5) is 0 Å². The van der Waals surface area contributed by atoms with Gasteiger partial charge in [0.1, 0.15) is 0 Å². The Balaban J connectivity index is 2.39. The molecule has 5 heteroatoms. The smallest absolute Gasteiger partial charge is 0.303 e. The number of allylic oxidation sites excluding steroid dienone is 2. The zero-order valence-electron chi connectivity index (χ0n) is 16.7. The van der Waals surface area contributed by atoms with Crippen molar-refractivity contribution in [3.8, 4) is 0 Å². The number of aliphatic hydroxyl groups excluding tert-OH is 3. The zero-order valence-corrected chi connectivity index (χ0v) is 16.7. The monoisotopic (exact) mass is 382 g/mol. The molecule has 1 aliphatic carbocycles. The van der Waals surface area contributed by atoms with Crippen molar-refractivity contribution in [2.45, 2.75) is 95.9 Å². The van der Waals surface area contributed by atoms with Crippen molar-refractivity contribution in [1.29, 1.82) is 0 Å². The minimum atomic E-state index is -0.783. The highest BCUT2D eigenvalue weighted by atomic mass is 16.4. The van der Waals surface area contributed by atoms with E-state index in [0.717, 1.165) is 25.7 Å². The van der Waals surface area contributed by atoms with Crippen LogP contribution < -0.4 is 0 Å². The number of unbranched alkanes of at least 4 members (excludes halogenated alkanes) is 5. The van der Waals surface area contributed by atoms with E-state index in [0.29, 0.717) is 19.3 Å². The summed E-state index contributed by atoms with van der Waals surface area (Å²) in [7, 11) is 0. The fourth-order valence-electron chi connectivity index (χ4n) is 3.75. The van der Waals surface area contributed by atoms with Crippen LogP contribution in [0.5, 0.6) is 0 Å². The zero-order chi connectivity index (χ0) is 20.1. The number of carboxylic acids is 1. The Morgan fingerprint density at radius 3 is 2.56 bits per heavy atom. The Labute approximate surface area is 163 Å². The van der Waals surface area contributed by atoms with Gasteiger partial charge in [0.2, 0.25) is 0 Å². The van der Waals surface area contributed by atoms with E-state index in [1.165, 1.54) is 19.3 Å². The van der Waals surface area contributed by atoms with E-state index in [2.05, 4.69) is 19.1 Å². The van der Waals surface area contributed by atoms with Crippen LogP contribution in [0.15, 0.2) is 24.3 Å². The Kier molecular flexibility index (Phi) is 12.3. The molecule has 0 bridgehead atoms.